The predicted molar refractivity (Wildman–Crippen MR) is 78.2 cm³/mol. The van der Waals surface area contributed by atoms with Gasteiger partial charge in [-0.25, -0.2) is 4.98 Å². The van der Waals surface area contributed by atoms with E-state index in [-0.39, 0.29) is 0 Å². The summed E-state index contributed by atoms with van der Waals surface area (Å²) in [6.45, 7) is 5.09. The van der Waals surface area contributed by atoms with Crippen LogP contribution < -0.4 is 5.32 Å². The number of nitrogens with one attached hydrogen (secondary N) is 1. The molecular weight excluding hydrogens is 264 g/mol. The van der Waals surface area contributed by atoms with Crippen LogP contribution in [-0.2, 0) is 13.0 Å². The molecule has 96 valence electrons. The van der Waals surface area contributed by atoms with Gasteiger partial charge in [-0.05, 0) is 31.0 Å². The van der Waals surface area contributed by atoms with Crippen LogP contribution in [0.3, 0.4) is 0 Å². The van der Waals surface area contributed by atoms with E-state index in [1.807, 2.05) is 12.1 Å². The fraction of sp³-hybridized carbons (Fsp3) is 0.357. The predicted octanol–water partition coefficient (Wildman–Crippen LogP) is 4.21. The van der Waals surface area contributed by atoms with Crippen molar-refractivity contribution in [3.8, 4) is 0 Å². The smallest absolute Gasteiger partial charge is 0.0926 e. The van der Waals surface area contributed by atoms with E-state index in [1.54, 1.807) is 11.3 Å². The Balaban J connectivity index is 1.91. The number of thiazole rings is 1. The van der Waals surface area contributed by atoms with E-state index in [0.717, 1.165) is 23.7 Å². The Bertz CT molecular complexity index is 493. The third-order valence-electron chi connectivity index (χ3n) is 2.86. The first kappa shape index (κ1) is 13.5. The van der Waals surface area contributed by atoms with Crippen LogP contribution in [0.5, 0.6) is 0 Å². The van der Waals surface area contributed by atoms with Crippen molar-refractivity contribution in [1.82, 2.24) is 10.3 Å². The minimum atomic E-state index is 0.300. The lowest BCUT2D eigenvalue weighted by Crippen LogP contribution is -2.18. The standard InChI is InChI=1S/C14H17ClN2S/c1-3-14-17-13(9-18-14)8-16-10(2)11-4-6-12(15)7-5-11/h4-7,9-10,16H,3,8H2,1-2H3/t10-/m0/s1. The third kappa shape index (κ3) is 3.55. The van der Waals surface area contributed by atoms with Crippen molar-refractivity contribution in [2.45, 2.75) is 32.9 Å². The highest BCUT2D eigenvalue weighted by atomic mass is 35.5. The average molecular weight is 281 g/mol. The second-order valence-electron chi connectivity index (χ2n) is 4.24. The summed E-state index contributed by atoms with van der Waals surface area (Å²) < 4.78 is 0. The van der Waals surface area contributed by atoms with Crippen molar-refractivity contribution in [1.29, 1.82) is 0 Å². The van der Waals surface area contributed by atoms with Gasteiger partial charge < -0.3 is 5.32 Å². The zero-order chi connectivity index (χ0) is 13.0. The molecule has 1 aromatic heterocycles. The van der Waals surface area contributed by atoms with E-state index in [1.165, 1.54) is 10.6 Å². The van der Waals surface area contributed by atoms with Gasteiger partial charge in [0.25, 0.3) is 0 Å². The van der Waals surface area contributed by atoms with E-state index in [0.29, 0.717) is 6.04 Å². The van der Waals surface area contributed by atoms with Gasteiger partial charge in [0.05, 0.1) is 10.7 Å². The van der Waals surface area contributed by atoms with Gasteiger partial charge in [-0.1, -0.05) is 30.7 Å². The summed E-state index contributed by atoms with van der Waals surface area (Å²) in [5, 5.41) is 7.57. The number of rotatable bonds is 5. The number of hydrogen-bond donors (Lipinski definition) is 1. The van der Waals surface area contributed by atoms with Crippen LogP contribution in [0.1, 0.15) is 36.2 Å². The van der Waals surface area contributed by atoms with Gasteiger partial charge in [0.15, 0.2) is 0 Å². The molecule has 1 N–H and O–H groups in total. The first-order valence-electron chi connectivity index (χ1n) is 6.11. The molecule has 2 nitrogen and oxygen atoms in total. The van der Waals surface area contributed by atoms with Crippen LogP contribution in [0.2, 0.25) is 5.02 Å². The fourth-order valence-corrected chi connectivity index (χ4v) is 2.59. The Labute approximate surface area is 117 Å². The second-order valence-corrected chi connectivity index (χ2v) is 5.62. The maximum absolute atomic E-state index is 5.88. The first-order valence-corrected chi connectivity index (χ1v) is 7.37. The van der Waals surface area contributed by atoms with Crippen molar-refractivity contribution in [3.05, 3.63) is 50.9 Å². The molecule has 2 rings (SSSR count). The van der Waals surface area contributed by atoms with Crippen molar-refractivity contribution >= 4 is 22.9 Å². The summed E-state index contributed by atoms with van der Waals surface area (Å²) in [6.07, 6.45) is 1.01. The van der Waals surface area contributed by atoms with Crippen LogP contribution in [0.15, 0.2) is 29.6 Å². The maximum Gasteiger partial charge on any atom is 0.0926 e. The summed E-state index contributed by atoms with van der Waals surface area (Å²) in [6, 6.07) is 8.26. The lowest BCUT2D eigenvalue weighted by atomic mass is 10.1. The SMILES string of the molecule is CCc1nc(CN[C@@H](C)c2ccc(Cl)cc2)cs1. The Morgan fingerprint density at radius 2 is 2.06 bits per heavy atom. The Kier molecular flexibility index (Phi) is 4.75. The van der Waals surface area contributed by atoms with Crippen molar-refractivity contribution in [2.24, 2.45) is 0 Å². The van der Waals surface area contributed by atoms with Crippen molar-refractivity contribution in [3.63, 3.8) is 0 Å². The molecule has 0 aliphatic heterocycles. The summed E-state index contributed by atoms with van der Waals surface area (Å²) in [7, 11) is 0. The summed E-state index contributed by atoms with van der Waals surface area (Å²) in [5.74, 6) is 0. The molecule has 1 heterocycles. The van der Waals surface area contributed by atoms with Gasteiger partial charge in [0.2, 0.25) is 0 Å². The van der Waals surface area contributed by atoms with Gasteiger partial charge >= 0.3 is 0 Å². The van der Waals surface area contributed by atoms with Gasteiger partial charge in [0.1, 0.15) is 0 Å². The molecule has 0 spiro atoms. The molecule has 1 atom stereocenters. The molecule has 0 saturated heterocycles. The quantitative estimate of drug-likeness (QED) is 0.887. The lowest BCUT2D eigenvalue weighted by molar-refractivity contribution is 0.568. The highest BCUT2D eigenvalue weighted by Gasteiger charge is 2.06. The van der Waals surface area contributed by atoms with E-state index in [4.69, 9.17) is 11.6 Å². The minimum absolute atomic E-state index is 0.300. The van der Waals surface area contributed by atoms with Crippen LogP contribution in [0.25, 0.3) is 0 Å². The van der Waals surface area contributed by atoms with Gasteiger partial charge in [-0.2, -0.15) is 0 Å². The number of nitrogens with zero attached hydrogens (tertiary/aromatic N) is 1. The number of hydrogen-bond acceptors (Lipinski definition) is 3. The van der Waals surface area contributed by atoms with Gasteiger partial charge in [0, 0.05) is 23.0 Å². The Hall–Kier alpha value is -0.900. The molecule has 0 radical (unpaired) electrons. The highest BCUT2D eigenvalue weighted by molar-refractivity contribution is 7.09. The number of aryl methyl sites for hydroxylation is 1. The van der Waals surface area contributed by atoms with Crippen LogP contribution in [0, 0.1) is 0 Å². The molecule has 0 aliphatic carbocycles. The molecular formula is C14H17ClN2S. The summed E-state index contributed by atoms with van der Waals surface area (Å²) in [5.41, 5.74) is 2.36. The molecule has 4 heteroatoms. The molecule has 0 fully saturated rings. The zero-order valence-electron chi connectivity index (χ0n) is 10.6. The minimum Gasteiger partial charge on any atom is -0.305 e. The molecule has 0 bridgehead atoms. The lowest BCUT2D eigenvalue weighted by Gasteiger charge is -2.13. The molecule has 1 aromatic carbocycles. The average Bonchev–Trinajstić information content (AvgIpc) is 2.85. The van der Waals surface area contributed by atoms with E-state index >= 15 is 0 Å². The maximum atomic E-state index is 5.88. The van der Waals surface area contributed by atoms with Crippen LogP contribution in [-0.4, -0.2) is 4.98 Å². The second kappa shape index (κ2) is 6.32. The summed E-state index contributed by atoms with van der Waals surface area (Å²) >= 11 is 7.61. The topological polar surface area (TPSA) is 24.9 Å². The normalized spacial score (nSPS) is 12.6. The number of benzene rings is 1. The van der Waals surface area contributed by atoms with E-state index in [9.17, 15) is 0 Å². The van der Waals surface area contributed by atoms with E-state index < -0.39 is 0 Å². The van der Waals surface area contributed by atoms with Crippen LogP contribution >= 0.6 is 22.9 Å². The fourth-order valence-electron chi connectivity index (χ4n) is 1.72. The highest BCUT2D eigenvalue weighted by Crippen LogP contribution is 2.17. The Morgan fingerprint density at radius 3 is 2.67 bits per heavy atom. The van der Waals surface area contributed by atoms with E-state index in [2.05, 4.69) is 41.7 Å². The monoisotopic (exact) mass is 280 g/mol. The zero-order valence-corrected chi connectivity index (χ0v) is 12.2. The van der Waals surface area contributed by atoms with Crippen molar-refractivity contribution < 1.29 is 0 Å². The van der Waals surface area contributed by atoms with Gasteiger partial charge in [-0.3, -0.25) is 0 Å². The summed E-state index contributed by atoms with van der Waals surface area (Å²) in [4.78, 5) is 4.54. The molecule has 0 unspecified atom stereocenters. The molecule has 2 aromatic rings. The first-order chi connectivity index (χ1) is 8.69. The third-order valence-corrected chi connectivity index (χ3v) is 4.16. The molecule has 0 aliphatic rings. The van der Waals surface area contributed by atoms with Crippen molar-refractivity contribution in [2.75, 3.05) is 0 Å². The molecule has 0 saturated carbocycles. The Morgan fingerprint density at radius 1 is 1.33 bits per heavy atom. The molecule has 18 heavy (non-hydrogen) atoms. The van der Waals surface area contributed by atoms with Gasteiger partial charge in [-0.15, -0.1) is 11.3 Å². The largest absolute Gasteiger partial charge is 0.305 e. The van der Waals surface area contributed by atoms with Crippen LogP contribution in [0.4, 0.5) is 0 Å². The molecule has 0 amide bonds. The number of halogens is 1. The number of aromatic nitrogens is 1.